The minimum Gasteiger partial charge on any atom is -0.452 e. The first-order valence-electron chi connectivity index (χ1n) is 9.89. The molecule has 2 unspecified atom stereocenters. The second kappa shape index (κ2) is 11.8. The maximum absolute atomic E-state index is 12.6. The highest BCUT2D eigenvalue weighted by atomic mass is 32.2. The van der Waals surface area contributed by atoms with Gasteiger partial charge in [0, 0.05) is 30.6 Å². The smallest absolute Gasteiger partial charge is 0.339 e. The molecule has 7 nitrogen and oxygen atoms in total. The second-order valence-corrected chi connectivity index (χ2v) is 8.15. The summed E-state index contributed by atoms with van der Waals surface area (Å²) in [4.78, 5) is 39.4. The van der Waals surface area contributed by atoms with Crippen LogP contribution in [0.25, 0.3) is 0 Å². The highest BCUT2D eigenvalue weighted by Gasteiger charge is 2.29. The van der Waals surface area contributed by atoms with E-state index in [1.54, 1.807) is 31.4 Å². The summed E-state index contributed by atoms with van der Waals surface area (Å²) < 4.78 is 10.2. The molecule has 1 saturated heterocycles. The molecule has 160 valence electrons. The van der Waals surface area contributed by atoms with E-state index in [0.717, 1.165) is 19.3 Å². The van der Waals surface area contributed by atoms with Crippen LogP contribution in [0.2, 0.25) is 0 Å². The van der Waals surface area contributed by atoms with E-state index in [4.69, 9.17) is 9.47 Å². The van der Waals surface area contributed by atoms with Crippen LogP contribution in [0.3, 0.4) is 0 Å². The molecule has 2 rings (SSSR count). The molecule has 1 heterocycles. The van der Waals surface area contributed by atoms with Gasteiger partial charge < -0.3 is 19.7 Å². The second-order valence-electron chi connectivity index (χ2n) is 7.13. The van der Waals surface area contributed by atoms with Gasteiger partial charge in [0.2, 0.25) is 5.91 Å². The topological polar surface area (TPSA) is 84.9 Å². The van der Waals surface area contributed by atoms with Crippen molar-refractivity contribution in [3.63, 3.8) is 0 Å². The third kappa shape index (κ3) is 7.04. The molecule has 1 fully saturated rings. The average molecular weight is 423 g/mol. The lowest BCUT2D eigenvalue weighted by Gasteiger charge is -2.38. The van der Waals surface area contributed by atoms with Crippen molar-refractivity contribution < 1.29 is 23.9 Å². The molecule has 8 heteroatoms. The number of carbonyl (C=O) groups is 3. The lowest BCUT2D eigenvalue weighted by atomic mass is 9.97. The van der Waals surface area contributed by atoms with E-state index in [9.17, 15) is 14.4 Å². The Morgan fingerprint density at radius 2 is 1.86 bits per heavy atom. The predicted molar refractivity (Wildman–Crippen MR) is 112 cm³/mol. The molecule has 29 heavy (non-hydrogen) atoms. The van der Waals surface area contributed by atoms with Gasteiger partial charge in [-0.2, -0.15) is 0 Å². The molecule has 2 atom stereocenters. The quantitative estimate of drug-likeness (QED) is 0.374. The predicted octanol–water partition coefficient (Wildman–Crippen LogP) is 2.49. The van der Waals surface area contributed by atoms with E-state index >= 15 is 0 Å². The van der Waals surface area contributed by atoms with E-state index in [0.29, 0.717) is 23.6 Å². The van der Waals surface area contributed by atoms with E-state index < -0.39 is 5.97 Å². The van der Waals surface area contributed by atoms with E-state index in [1.807, 2.05) is 18.7 Å². The van der Waals surface area contributed by atoms with Gasteiger partial charge in [0.05, 0.1) is 17.9 Å². The van der Waals surface area contributed by atoms with Crippen molar-refractivity contribution in [3.05, 3.63) is 29.8 Å². The number of carbonyl (C=O) groups excluding carboxylic acids is 3. The minimum absolute atomic E-state index is 0.140. The lowest BCUT2D eigenvalue weighted by molar-refractivity contribution is -0.140. The van der Waals surface area contributed by atoms with Crippen LogP contribution >= 0.6 is 11.8 Å². The summed E-state index contributed by atoms with van der Waals surface area (Å²) in [6, 6.07) is 7.25. The van der Waals surface area contributed by atoms with Gasteiger partial charge in [0.15, 0.2) is 6.61 Å². The highest BCUT2D eigenvalue weighted by molar-refractivity contribution is 8.00. The van der Waals surface area contributed by atoms with Crippen molar-refractivity contribution in [3.8, 4) is 0 Å². The molecule has 1 N–H and O–H groups in total. The first kappa shape index (κ1) is 23.2. The molecule has 1 aromatic rings. The largest absolute Gasteiger partial charge is 0.452 e. The zero-order valence-electron chi connectivity index (χ0n) is 17.3. The number of methoxy groups -OCH3 is 1. The Bertz CT molecular complexity index is 702. The van der Waals surface area contributed by atoms with Crippen LogP contribution in [-0.2, 0) is 19.1 Å². The fourth-order valence-electron chi connectivity index (χ4n) is 3.44. The van der Waals surface area contributed by atoms with E-state index in [-0.39, 0.29) is 36.3 Å². The van der Waals surface area contributed by atoms with Crippen LogP contribution < -0.4 is 5.32 Å². The number of rotatable bonds is 9. The fraction of sp³-hybridized carbons (Fsp3) is 0.571. The molecule has 0 radical (unpaired) electrons. The van der Waals surface area contributed by atoms with Gasteiger partial charge in [-0.25, -0.2) is 4.79 Å². The standard InChI is InChI=1S/C21H30N2O5S/c1-15-7-6-8-16(2)23(15)20(25)13-28-21(26)17-9-4-5-10-18(17)29-14-19(24)22-11-12-27-3/h4-5,9-10,15-16H,6-8,11-14H2,1-3H3,(H,22,24). The first-order chi connectivity index (χ1) is 13.9. The lowest BCUT2D eigenvalue weighted by Crippen LogP contribution is -2.49. The highest BCUT2D eigenvalue weighted by Crippen LogP contribution is 2.24. The number of ether oxygens (including phenoxy) is 2. The van der Waals surface area contributed by atoms with Gasteiger partial charge in [-0.1, -0.05) is 12.1 Å². The third-order valence-electron chi connectivity index (χ3n) is 4.90. The molecule has 1 aromatic carbocycles. The number of thioether (sulfide) groups is 1. The maximum Gasteiger partial charge on any atom is 0.339 e. The molecule has 0 saturated carbocycles. The van der Waals surface area contributed by atoms with Gasteiger partial charge in [-0.05, 0) is 45.2 Å². The Hall–Kier alpha value is -2.06. The number of hydrogen-bond acceptors (Lipinski definition) is 6. The Morgan fingerprint density at radius 3 is 2.55 bits per heavy atom. The van der Waals surface area contributed by atoms with Gasteiger partial charge in [0.1, 0.15) is 0 Å². The summed E-state index contributed by atoms with van der Waals surface area (Å²) in [5, 5.41) is 2.74. The molecule has 0 bridgehead atoms. The summed E-state index contributed by atoms with van der Waals surface area (Å²) in [6.45, 7) is 4.67. The van der Waals surface area contributed by atoms with Crippen molar-refractivity contribution in [2.45, 2.75) is 50.1 Å². The summed E-state index contributed by atoms with van der Waals surface area (Å²) >= 11 is 1.26. The summed E-state index contributed by atoms with van der Waals surface area (Å²) in [5.74, 6) is -0.687. The summed E-state index contributed by atoms with van der Waals surface area (Å²) in [5.41, 5.74) is 0.356. The molecule has 0 spiro atoms. The van der Waals surface area contributed by atoms with Gasteiger partial charge in [-0.15, -0.1) is 11.8 Å². The van der Waals surface area contributed by atoms with Gasteiger partial charge in [0.25, 0.3) is 5.91 Å². The summed E-state index contributed by atoms with van der Waals surface area (Å²) in [6.07, 6.45) is 3.04. The molecule has 0 aromatic heterocycles. The SMILES string of the molecule is COCCNC(=O)CSc1ccccc1C(=O)OCC(=O)N1C(C)CCCC1C. The number of hydrogen-bond donors (Lipinski definition) is 1. The maximum atomic E-state index is 12.6. The normalized spacial score (nSPS) is 18.9. The van der Waals surface area contributed by atoms with Crippen molar-refractivity contribution in [1.29, 1.82) is 0 Å². The zero-order valence-corrected chi connectivity index (χ0v) is 18.1. The Kier molecular flexibility index (Phi) is 9.47. The molecular weight excluding hydrogens is 392 g/mol. The summed E-state index contributed by atoms with van der Waals surface area (Å²) in [7, 11) is 1.57. The molecule has 2 amide bonds. The monoisotopic (exact) mass is 422 g/mol. The van der Waals surface area contributed by atoms with Crippen LogP contribution in [0.4, 0.5) is 0 Å². The fourth-order valence-corrected chi connectivity index (χ4v) is 4.31. The molecule has 1 aliphatic rings. The number of benzene rings is 1. The third-order valence-corrected chi connectivity index (χ3v) is 5.98. The van der Waals surface area contributed by atoms with Crippen LogP contribution in [0.1, 0.15) is 43.5 Å². The minimum atomic E-state index is -0.557. The van der Waals surface area contributed by atoms with Crippen molar-refractivity contribution in [1.82, 2.24) is 10.2 Å². The molecular formula is C21H30N2O5S. The molecule has 0 aliphatic carbocycles. The first-order valence-corrected chi connectivity index (χ1v) is 10.9. The Balaban J connectivity index is 1.90. The van der Waals surface area contributed by atoms with Crippen molar-refractivity contribution >= 4 is 29.5 Å². The number of esters is 1. The number of nitrogens with one attached hydrogen (secondary N) is 1. The Morgan fingerprint density at radius 1 is 1.17 bits per heavy atom. The molecule has 1 aliphatic heterocycles. The Labute approximate surface area is 176 Å². The van der Waals surface area contributed by atoms with Crippen LogP contribution in [0.5, 0.6) is 0 Å². The number of piperidine rings is 1. The van der Waals surface area contributed by atoms with Crippen LogP contribution in [0.15, 0.2) is 29.2 Å². The van der Waals surface area contributed by atoms with Crippen molar-refractivity contribution in [2.24, 2.45) is 0 Å². The number of amides is 2. The van der Waals surface area contributed by atoms with Gasteiger partial charge >= 0.3 is 5.97 Å². The van der Waals surface area contributed by atoms with Crippen LogP contribution in [0, 0.1) is 0 Å². The van der Waals surface area contributed by atoms with E-state index in [2.05, 4.69) is 5.32 Å². The zero-order chi connectivity index (χ0) is 21.2. The number of nitrogens with zero attached hydrogens (tertiary/aromatic N) is 1. The number of likely N-dealkylation sites (tertiary alicyclic amines) is 1. The van der Waals surface area contributed by atoms with Crippen LogP contribution in [-0.4, -0.2) is 67.4 Å². The van der Waals surface area contributed by atoms with E-state index in [1.165, 1.54) is 11.8 Å². The average Bonchev–Trinajstić information content (AvgIpc) is 2.70. The van der Waals surface area contributed by atoms with Gasteiger partial charge in [-0.3, -0.25) is 9.59 Å². The van der Waals surface area contributed by atoms with Crippen molar-refractivity contribution in [2.75, 3.05) is 32.6 Å².